The Kier molecular flexibility index (Phi) is 6.81. The summed E-state index contributed by atoms with van der Waals surface area (Å²) in [6.45, 7) is 9.29. The number of quaternary nitrogens is 1. The second kappa shape index (κ2) is 10.3. The van der Waals surface area contributed by atoms with Crippen molar-refractivity contribution in [3.63, 3.8) is 0 Å². The molecule has 2 aromatic heterocycles. The van der Waals surface area contributed by atoms with Gasteiger partial charge in [-0.15, -0.1) is 0 Å². The molecule has 1 aliphatic carbocycles. The van der Waals surface area contributed by atoms with E-state index in [1.54, 1.807) is 30.3 Å². The number of nitrogens with one attached hydrogen (secondary N) is 1. The molecular weight excluding hydrogens is 559 g/mol. The molecule has 2 aliphatic rings. The number of carbonyl (C=O) groups excluding carboxylic acids is 1. The fourth-order valence-electron chi connectivity index (χ4n) is 6.94. The molecule has 1 N–H and O–H groups in total. The minimum absolute atomic E-state index is 0.0227. The van der Waals surface area contributed by atoms with Crippen LogP contribution in [0.2, 0.25) is 0 Å². The number of carbonyl (C=O) groups is 1. The van der Waals surface area contributed by atoms with Crippen molar-refractivity contribution in [2.45, 2.75) is 25.1 Å². The van der Waals surface area contributed by atoms with Crippen LogP contribution in [0.5, 0.6) is 0 Å². The topological polar surface area (TPSA) is 78.2 Å². The summed E-state index contributed by atoms with van der Waals surface area (Å²) in [4.78, 5) is 31.4. The summed E-state index contributed by atoms with van der Waals surface area (Å²) in [6, 6.07) is 12.7. The summed E-state index contributed by atoms with van der Waals surface area (Å²) < 4.78 is 45.8. The number of hydrogen-bond donors (Lipinski definition) is 1. The highest BCUT2D eigenvalue weighted by Gasteiger charge is 2.47. The van der Waals surface area contributed by atoms with Crippen LogP contribution in [-0.2, 0) is 13.2 Å². The Morgan fingerprint density at radius 2 is 1.72 bits per heavy atom. The second-order valence-corrected chi connectivity index (χ2v) is 12.1. The van der Waals surface area contributed by atoms with Gasteiger partial charge in [-0.05, 0) is 49.2 Å². The molecule has 2 fully saturated rings. The highest BCUT2D eigenvalue weighted by molar-refractivity contribution is 6.00. The van der Waals surface area contributed by atoms with Crippen molar-refractivity contribution in [2.24, 2.45) is 18.9 Å². The Bertz CT molecular complexity index is 1790. The molecule has 3 heterocycles. The van der Waals surface area contributed by atoms with Crippen LogP contribution in [0.4, 0.5) is 18.9 Å². The SMILES string of the molecule is [C-]#[N+]c1ccc(-n2nccc2-c2c(C(=O)NC3C[C@@H]4C[N+](C)(C)C[C@@H]4C3)c(=O)n(-c3cccc(C(F)(F)F)c3)n2C)cc1. The Labute approximate surface area is 246 Å². The normalized spacial score (nSPS) is 21.0. The van der Waals surface area contributed by atoms with Crippen LogP contribution in [-0.4, -0.2) is 62.8 Å². The van der Waals surface area contributed by atoms with E-state index in [1.807, 2.05) is 0 Å². The molecule has 12 heteroatoms. The van der Waals surface area contributed by atoms with Gasteiger partial charge in [0, 0.05) is 24.9 Å². The van der Waals surface area contributed by atoms with Crippen LogP contribution in [0.3, 0.4) is 0 Å². The molecule has 4 aromatic rings. The van der Waals surface area contributed by atoms with Crippen LogP contribution < -0.4 is 10.9 Å². The van der Waals surface area contributed by atoms with E-state index in [2.05, 4.69) is 29.4 Å². The first-order chi connectivity index (χ1) is 20.4. The molecule has 222 valence electrons. The Balaban J connectivity index is 1.45. The molecule has 1 aliphatic heterocycles. The molecule has 9 nitrogen and oxygen atoms in total. The summed E-state index contributed by atoms with van der Waals surface area (Å²) in [5.74, 6) is 0.394. The van der Waals surface area contributed by atoms with Crippen LogP contribution >= 0.6 is 0 Å². The first-order valence-corrected chi connectivity index (χ1v) is 14.0. The van der Waals surface area contributed by atoms with Crippen molar-refractivity contribution >= 4 is 11.6 Å². The quantitative estimate of drug-likeness (QED) is 0.268. The summed E-state index contributed by atoms with van der Waals surface area (Å²) in [5, 5.41) is 7.49. The van der Waals surface area contributed by atoms with Gasteiger partial charge in [0.05, 0.1) is 62.6 Å². The molecule has 1 saturated heterocycles. The lowest BCUT2D eigenvalue weighted by Crippen LogP contribution is -2.41. The predicted molar refractivity (Wildman–Crippen MR) is 154 cm³/mol. The average molecular weight is 591 g/mol. The summed E-state index contributed by atoms with van der Waals surface area (Å²) in [6.07, 6.45) is -1.47. The maximum atomic E-state index is 14.0. The Hall–Kier alpha value is -4.63. The van der Waals surface area contributed by atoms with Gasteiger partial charge >= 0.3 is 6.18 Å². The van der Waals surface area contributed by atoms with E-state index >= 15 is 0 Å². The zero-order valence-electron chi connectivity index (χ0n) is 24.0. The number of alkyl halides is 3. The van der Waals surface area contributed by atoms with E-state index in [-0.39, 0.29) is 23.0 Å². The maximum absolute atomic E-state index is 14.0. The fraction of sp³-hybridized carbons (Fsp3) is 0.355. The molecule has 43 heavy (non-hydrogen) atoms. The molecule has 2 aromatic carbocycles. The molecule has 1 saturated carbocycles. The van der Waals surface area contributed by atoms with Gasteiger partial charge in [0.2, 0.25) is 0 Å². The van der Waals surface area contributed by atoms with Gasteiger partial charge in [-0.1, -0.05) is 18.2 Å². The van der Waals surface area contributed by atoms with Crippen molar-refractivity contribution in [2.75, 3.05) is 27.2 Å². The van der Waals surface area contributed by atoms with Gasteiger partial charge in [-0.25, -0.2) is 14.2 Å². The zero-order valence-corrected chi connectivity index (χ0v) is 24.0. The minimum Gasteiger partial charge on any atom is -0.349 e. The Morgan fingerprint density at radius 3 is 2.35 bits per heavy atom. The van der Waals surface area contributed by atoms with E-state index < -0.39 is 23.2 Å². The van der Waals surface area contributed by atoms with Crippen LogP contribution in [0, 0.1) is 18.4 Å². The lowest BCUT2D eigenvalue weighted by Gasteiger charge is -2.25. The number of rotatable bonds is 5. The van der Waals surface area contributed by atoms with Gasteiger partial charge < -0.3 is 9.80 Å². The van der Waals surface area contributed by atoms with E-state index in [1.165, 1.54) is 34.7 Å². The molecule has 0 radical (unpaired) electrons. The van der Waals surface area contributed by atoms with Gasteiger partial charge in [0.25, 0.3) is 11.5 Å². The molecule has 0 spiro atoms. The first-order valence-electron chi connectivity index (χ1n) is 14.0. The third-order valence-corrected chi connectivity index (χ3v) is 8.65. The van der Waals surface area contributed by atoms with Gasteiger partial charge in [-0.3, -0.25) is 14.3 Å². The lowest BCUT2D eigenvalue weighted by atomic mass is 10.0. The third kappa shape index (κ3) is 5.14. The number of aromatic nitrogens is 4. The average Bonchev–Trinajstić information content (AvgIpc) is 3.68. The molecule has 6 rings (SSSR count). The van der Waals surface area contributed by atoms with Crippen LogP contribution in [0.25, 0.3) is 27.6 Å². The van der Waals surface area contributed by atoms with Crippen molar-refractivity contribution < 1.29 is 22.4 Å². The zero-order chi connectivity index (χ0) is 30.7. The summed E-state index contributed by atoms with van der Waals surface area (Å²) in [7, 11) is 5.95. The van der Waals surface area contributed by atoms with E-state index in [0.717, 1.165) is 47.2 Å². The maximum Gasteiger partial charge on any atom is 0.416 e. The second-order valence-electron chi connectivity index (χ2n) is 12.1. The van der Waals surface area contributed by atoms with E-state index in [0.29, 0.717) is 28.9 Å². The highest BCUT2D eigenvalue weighted by Crippen LogP contribution is 2.40. The van der Waals surface area contributed by atoms with Crippen molar-refractivity contribution in [1.82, 2.24) is 24.5 Å². The number of halogens is 3. The number of likely N-dealkylation sites (tertiary alicyclic amines) is 1. The molecule has 1 unspecified atom stereocenters. The monoisotopic (exact) mass is 590 g/mol. The van der Waals surface area contributed by atoms with E-state index in [9.17, 15) is 22.8 Å². The van der Waals surface area contributed by atoms with Crippen LogP contribution in [0.1, 0.15) is 28.8 Å². The number of amides is 1. The largest absolute Gasteiger partial charge is 0.416 e. The fourth-order valence-corrected chi connectivity index (χ4v) is 6.94. The number of hydrogen-bond acceptors (Lipinski definition) is 3. The van der Waals surface area contributed by atoms with Crippen LogP contribution in [0.15, 0.2) is 65.6 Å². The standard InChI is InChI=1S/C31H30F3N7O2/c1-35-22-8-10-24(11-9-22)39-26(12-13-36-39)28-27(29(42)37-23-14-19-17-41(3,4)18-20(19)15-23)30(43)40(38(28)2)25-7-5-6-21(16-25)31(32,33)34/h5-13,16,19-20,23H,14-15,17-18H2,2-4H3/p+1/t19-,20+,23?. The summed E-state index contributed by atoms with van der Waals surface area (Å²) >= 11 is 0. The first kappa shape index (κ1) is 28.5. The molecule has 1 amide bonds. The predicted octanol–water partition coefficient (Wildman–Crippen LogP) is 4.81. The number of nitrogens with zero attached hydrogens (tertiary/aromatic N) is 6. The van der Waals surface area contributed by atoms with Crippen molar-refractivity contribution in [1.29, 1.82) is 0 Å². The highest BCUT2D eigenvalue weighted by atomic mass is 19.4. The van der Waals surface area contributed by atoms with Gasteiger partial charge in [0.15, 0.2) is 5.69 Å². The van der Waals surface area contributed by atoms with Gasteiger partial charge in [-0.2, -0.15) is 18.3 Å². The minimum atomic E-state index is -4.61. The Morgan fingerprint density at radius 1 is 1.05 bits per heavy atom. The third-order valence-electron chi connectivity index (χ3n) is 8.65. The molecule has 0 bridgehead atoms. The number of fused-ring (bicyclic) bond motifs is 1. The number of benzene rings is 2. The lowest BCUT2D eigenvalue weighted by molar-refractivity contribution is -0.881. The smallest absolute Gasteiger partial charge is 0.349 e. The molecular formula is C31H31F3N7O2+. The van der Waals surface area contributed by atoms with E-state index in [4.69, 9.17) is 6.57 Å². The molecule has 3 atom stereocenters. The van der Waals surface area contributed by atoms with Crippen molar-refractivity contribution in [3.05, 3.63) is 93.7 Å². The summed E-state index contributed by atoms with van der Waals surface area (Å²) in [5.41, 5.74) is -0.212. The van der Waals surface area contributed by atoms with Crippen molar-refractivity contribution in [3.8, 4) is 22.8 Å². The van der Waals surface area contributed by atoms with Gasteiger partial charge in [0.1, 0.15) is 11.3 Å².